The normalized spacial score (nSPS) is 21.3. The minimum absolute atomic E-state index is 0.219. The van der Waals surface area contributed by atoms with Gasteiger partial charge < -0.3 is 30.3 Å². The molecule has 2 aliphatic rings. The number of nitrogens with zero attached hydrogens (tertiary/aromatic N) is 3. The average molecular weight is 426 g/mol. The molecular weight excluding hydrogens is 386 g/mol. The highest BCUT2D eigenvalue weighted by Crippen LogP contribution is 2.21. The Bertz CT molecular complexity index is 597. The van der Waals surface area contributed by atoms with Crippen LogP contribution in [0.2, 0.25) is 0 Å². The molecule has 0 aromatic carbocycles. The van der Waals surface area contributed by atoms with Gasteiger partial charge in [-0.2, -0.15) is 0 Å². The lowest BCUT2D eigenvalue weighted by Crippen LogP contribution is -2.48. The molecule has 0 aliphatic carbocycles. The van der Waals surface area contributed by atoms with Crippen LogP contribution in [0.1, 0.15) is 59.8 Å². The van der Waals surface area contributed by atoms with E-state index in [0.29, 0.717) is 44.7 Å². The van der Waals surface area contributed by atoms with Crippen LogP contribution in [-0.4, -0.2) is 78.9 Å². The number of guanidine groups is 1. The molecule has 1 unspecified atom stereocenters. The second kappa shape index (κ2) is 11.3. The summed E-state index contributed by atoms with van der Waals surface area (Å²) >= 11 is 0. The summed E-state index contributed by atoms with van der Waals surface area (Å²) in [5, 5.41) is 3.27. The van der Waals surface area contributed by atoms with Crippen LogP contribution in [0.3, 0.4) is 0 Å². The summed E-state index contributed by atoms with van der Waals surface area (Å²) in [5.41, 5.74) is 5.59. The van der Waals surface area contributed by atoms with E-state index in [-0.39, 0.29) is 18.2 Å². The van der Waals surface area contributed by atoms with Crippen LogP contribution >= 0.6 is 0 Å². The molecule has 2 amide bonds. The first-order valence-electron chi connectivity index (χ1n) is 11.1. The van der Waals surface area contributed by atoms with E-state index in [4.69, 9.17) is 15.2 Å². The van der Waals surface area contributed by atoms with Crippen molar-refractivity contribution in [1.82, 2.24) is 15.1 Å². The minimum Gasteiger partial charge on any atom is -0.450 e. The summed E-state index contributed by atoms with van der Waals surface area (Å²) in [5.74, 6) is 0.861. The molecule has 0 aromatic rings. The molecule has 0 radical (unpaired) electrons. The fourth-order valence-corrected chi connectivity index (χ4v) is 3.84. The maximum Gasteiger partial charge on any atom is 0.410 e. The number of likely N-dealkylation sites (tertiary alicyclic amines) is 2. The first-order valence-corrected chi connectivity index (χ1v) is 11.1. The molecule has 0 aromatic heterocycles. The van der Waals surface area contributed by atoms with Crippen molar-refractivity contribution in [2.24, 2.45) is 16.6 Å². The van der Waals surface area contributed by atoms with Gasteiger partial charge in [0.05, 0.1) is 6.61 Å². The number of nitrogens with one attached hydrogen (secondary N) is 1. The highest BCUT2D eigenvalue weighted by Gasteiger charge is 2.27. The van der Waals surface area contributed by atoms with E-state index in [1.54, 1.807) is 4.90 Å². The monoisotopic (exact) mass is 425 g/mol. The molecule has 0 saturated carbocycles. The van der Waals surface area contributed by atoms with E-state index < -0.39 is 5.60 Å². The molecule has 30 heavy (non-hydrogen) atoms. The minimum atomic E-state index is -0.471. The Labute approximate surface area is 180 Å². The van der Waals surface area contributed by atoms with Crippen molar-refractivity contribution < 1.29 is 19.1 Å². The highest BCUT2D eigenvalue weighted by molar-refractivity contribution is 5.78. The maximum absolute atomic E-state index is 12.3. The number of ether oxygens (including phenoxy) is 2. The predicted molar refractivity (Wildman–Crippen MR) is 116 cm³/mol. The van der Waals surface area contributed by atoms with Gasteiger partial charge in [-0.25, -0.2) is 9.59 Å². The lowest BCUT2D eigenvalue weighted by molar-refractivity contribution is 0.0163. The van der Waals surface area contributed by atoms with Crippen LogP contribution in [0.5, 0.6) is 0 Å². The molecule has 172 valence electrons. The Kier molecular flexibility index (Phi) is 9.05. The molecule has 1 atom stereocenters. The topological polar surface area (TPSA) is 109 Å². The molecule has 2 heterocycles. The number of carbonyl (C=O) groups is 2. The van der Waals surface area contributed by atoms with Gasteiger partial charge in [0.15, 0.2) is 5.96 Å². The number of piperidine rings is 2. The van der Waals surface area contributed by atoms with Crippen molar-refractivity contribution in [1.29, 1.82) is 0 Å². The maximum atomic E-state index is 12.3. The Hall–Kier alpha value is -2.19. The molecule has 0 spiro atoms. The van der Waals surface area contributed by atoms with Gasteiger partial charge >= 0.3 is 12.2 Å². The fraction of sp³-hybridized carbons (Fsp3) is 0.857. The van der Waals surface area contributed by atoms with Crippen LogP contribution in [-0.2, 0) is 9.47 Å². The van der Waals surface area contributed by atoms with E-state index in [1.165, 1.54) is 0 Å². The van der Waals surface area contributed by atoms with E-state index in [1.807, 2.05) is 32.6 Å². The van der Waals surface area contributed by atoms with Gasteiger partial charge in [0.2, 0.25) is 0 Å². The van der Waals surface area contributed by atoms with Crippen molar-refractivity contribution in [2.75, 3.05) is 39.3 Å². The average Bonchev–Trinajstić information content (AvgIpc) is 2.67. The third-order valence-corrected chi connectivity index (χ3v) is 5.36. The summed E-state index contributed by atoms with van der Waals surface area (Å²) < 4.78 is 10.5. The molecule has 0 bridgehead atoms. The standard InChI is InChI=1S/C21H39N5O4/c1-5-29-19(27)25-13-9-17(10-14-25)24-18(22)23-11-8-16-7-6-12-26(15-16)20(28)30-21(2,3)4/h16-17H,5-15H2,1-4H3,(H3,22,23,24). The second-order valence-electron chi connectivity index (χ2n) is 9.09. The number of rotatable bonds is 5. The first-order chi connectivity index (χ1) is 14.2. The zero-order valence-electron chi connectivity index (χ0n) is 19.0. The SMILES string of the molecule is CCOC(=O)N1CCC(NC(N)=NCCC2CCCN(C(=O)OC(C)(C)C)C2)CC1. The third kappa shape index (κ3) is 8.28. The van der Waals surface area contributed by atoms with Crippen LogP contribution in [0.4, 0.5) is 9.59 Å². The Morgan fingerprint density at radius 3 is 2.43 bits per heavy atom. The molecule has 2 fully saturated rings. The summed E-state index contributed by atoms with van der Waals surface area (Å²) in [7, 11) is 0. The van der Waals surface area contributed by atoms with Crippen LogP contribution in [0, 0.1) is 5.92 Å². The van der Waals surface area contributed by atoms with Crippen molar-refractivity contribution in [3.63, 3.8) is 0 Å². The predicted octanol–water partition coefficient (Wildman–Crippen LogP) is 2.55. The zero-order chi connectivity index (χ0) is 22.1. The lowest BCUT2D eigenvalue weighted by Gasteiger charge is -2.34. The van der Waals surface area contributed by atoms with Gasteiger partial charge in [0, 0.05) is 38.8 Å². The van der Waals surface area contributed by atoms with Crippen molar-refractivity contribution >= 4 is 18.1 Å². The number of amides is 2. The number of nitrogens with two attached hydrogens (primary N) is 1. The zero-order valence-corrected chi connectivity index (χ0v) is 19.0. The summed E-state index contributed by atoms with van der Waals surface area (Å²) in [6, 6.07) is 0.219. The van der Waals surface area contributed by atoms with Crippen LogP contribution in [0.25, 0.3) is 0 Å². The van der Waals surface area contributed by atoms with Crippen molar-refractivity contribution in [3.05, 3.63) is 0 Å². The van der Waals surface area contributed by atoms with Crippen LogP contribution < -0.4 is 11.1 Å². The van der Waals surface area contributed by atoms with E-state index in [2.05, 4.69) is 10.3 Å². The molecule has 9 heteroatoms. The molecule has 2 aliphatic heterocycles. The summed E-state index contributed by atoms with van der Waals surface area (Å²) in [6.07, 6.45) is 4.14. The lowest BCUT2D eigenvalue weighted by atomic mass is 9.95. The van der Waals surface area contributed by atoms with Gasteiger partial charge in [-0.3, -0.25) is 4.99 Å². The molecule has 9 nitrogen and oxygen atoms in total. The Balaban J connectivity index is 1.68. The Morgan fingerprint density at radius 2 is 1.80 bits per heavy atom. The first kappa shape index (κ1) is 24.1. The van der Waals surface area contributed by atoms with Gasteiger partial charge in [-0.1, -0.05) is 0 Å². The molecule has 2 saturated heterocycles. The van der Waals surface area contributed by atoms with Gasteiger partial charge in [0.1, 0.15) is 5.60 Å². The smallest absolute Gasteiger partial charge is 0.410 e. The number of aliphatic imine (C=N–C) groups is 1. The van der Waals surface area contributed by atoms with E-state index >= 15 is 0 Å². The highest BCUT2D eigenvalue weighted by atomic mass is 16.6. The van der Waals surface area contributed by atoms with Crippen LogP contribution in [0.15, 0.2) is 4.99 Å². The fourth-order valence-electron chi connectivity index (χ4n) is 3.84. The van der Waals surface area contributed by atoms with E-state index in [9.17, 15) is 9.59 Å². The molecular formula is C21H39N5O4. The molecule has 3 N–H and O–H groups in total. The number of hydrogen-bond donors (Lipinski definition) is 2. The Morgan fingerprint density at radius 1 is 1.10 bits per heavy atom. The summed E-state index contributed by atoms with van der Waals surface area (Å²) in [6.45, 7) is 11.3. The largest absolute Gasteiger partial charge is 0.450 e. The number of carbonyl (C=O) groups excluding carboxylic acids is 2. The van der Waals surface area contributed by atoms with Gasteiger partial charge in [-0.05, 0) is 65.7 Å². The quantitative estimate of drug-likeness (QED) is 0.517. The van der Waals surface area contributed by atoms with Crippen molar-refractivity contribution in [3.8, 4) is 0 Å². The second-order valence-corrected chi connectivity index (χ2v) is 9.09. The summed E-state index contributed by atoms with van der Waals surface area (Å²) in [4.78, 5) is 32.0. The third-order valence-electron chi connectivity index (χ3n) is 5.36. The molecule has 2 rings (SSSR count). The van der Waals surface area contributed by atoms with E-state index in [0.717, 1.165) is 38.6 Å². The van der Waals surface area contributed by atoms with Gasteiger partial charge in [-0.15, -0.1) is 0 Å². The van der Waals surface area contributed by atoms with Gasteiger partial charge in [0.25, 0.3) is 0 Å². The number of hydrogen-bond acceptors (Lipinski definition) is 5. The van der Waals surface area contributed by atoms with Crippen molar-refractivity contribution in [2.45, 2.75) is 71.4 Å².